The number of ether oxygens (including phenoxy) is 9. The molecule has 0 unspecified atom stereocenters. The van der Waals surface area contributed by atoms with Gasteiger partial charge in [0.05, 0.1) is 92.1 Å². The third kappa shape index (κ3) is 5.95. The van der Waals surface area contributed by atoms with E-state index in [0.29, 0.717) is 79.8 Å². The standard InChI is InChI=1S/C42H41N3O9/c1-46-22-16-31(49-4)40(32(17-22)50-5)37-25-10-12-27(43-25)38(41-33(51-6)18-23(47-2)19-34(41)52-7)29-14-15-30(45-29)39(28-13-11-26(37)44-28)42-35(53-8)20-24(48-3)21-36(42)54-9/h10-21,43-44H,1-9H3. The smallest absolute Gasteiger partial charge is 0.134 e. The summed E-state index contributed by atoms with van der Waals surface area (Å²) in [4.78, 5) is 12.7. The summed E-state index contributed by atoms with van der Waals surface area (Å²) in [5.41, 5.74) is 8.61. The average Bonchev–Trinajstić information content (AvgIpc) is 4.01. The SMILES string of the molecule is COc1cc(OC)c(-c2c3nc(c(-c4c(OC)cc(OC)cc4OC)c4ccc([nH]4)c(-c4c(OC)cc(OC)cc4OC)c4ccc2[nH]4)C=C3)c(OC)c1. The molecule has 12 nitrogen and oxygen atoms in total. The zero-order valence-electron chi connectivity index (χ0n) is 31.5. The molecule has 1 aliphatic heterocycles. The quantitative estimate of drug-likeness (QED) is 0.126. The molecule has 2 N–H and O–H groups in total. The number of fused-ring (bicyclic) bond motifs is 6. The second-order valence-electron chi connectivity index (χ2n) is 12.1. The second kappa shape index (κ2) is 14.7. The van der Waals surface area contributed by atoms with Gasteiger partial charge in [-0.2, -0.15) is 0 Å². The normalized spacial score (nSPS) is 11.4. The molecule has 1 aliphatic rings. The van der Waals surface area contributed by atoms with Crippen molar-refractivity contribution in [2.24, 2.45) is 0 Å². The van der Waals surface area contributed by atoms with E-state index in [2.05, 4.69) is 9.97 Å². The minimum atomic E-state index is 0.534. The number of rotatable bonds is 12. The van der Waals surface area contributed by atoms with Crippen LogP contribution in [0.4, 0.5) is 0 Å². The molecule has 12 heteroatoms. The van der Waals surface area contributed by atoms with Gasteiger partial charge in [-0.25, -0.2) is 4.98 Å². The van der Waals surface area contributed by atoms with E-state index in [4.69, 9.17) is 47.6 Å². The van der Waals surface area contributed by atoms with Crippen LogP contribution in [0.5, 0.6) is 51.7 Å². The Hall–Kier alpha value is -6.69. The fraction of sp³-hybridized carbons (Fsp3) is 0.214. The number of H-pyrrole nitrogens is 2. The Morgan fingerprint density at radius 3 is 0.852 bits per heavy atom. The lowest BCUT2D eigenvalue weighted by atomic mass is 10.0. The van der Waals surface area contributed by atoms with Gasteiger partial charge >= 0.3 is 0 Å². The molecular formula is C42H41N3O9. The number of hydrogen-bond donors (Lipinski definition) is 2. The molecule has 3 aromatic carbocycles. The van der Waals surface area contributed by atoms with Crippen LogP contribution in [0.1, 0.15) is 11.4 Å². The highest BCUT2D eigenvalue weighted by Crippen LogP contribution is 2.50. The van der Waals surface area contributed by atoms with Crippen LogP contribution in [0.3, 0.4) is 0 Å². The fourth-order valence-corrected chi connectivity index (χ4v) is 6.99. The van der Waals surface area contributed by atoms with E-state index >= 15 is 0 Å². The monoisotopic (exact) mass is 731 g/mol. The first-order valence-electron chi connectivity index (χ1n) is 16.9. The Morgan fingerprint density at radius 1 is 0.333 bits per heavy atom. The van der Waals surface area contributed by atoms with Crippen molar-refractivity contribution in [3.8, 4) is 85.1 Å². The first kappa shape index (κ1) is 35.7. The highest BCUT2D eigenvalue weighted by molar-refractivity contribution is 6.04. The highest BCUT2D eigenvalue weighted by Gasteiger charge is 2.26. The van der Waals surface area contributed by atoms with Crippen molar-refractivity contribution < 1.29 is 42.6 Å². The zero-order valence-corrected chi connectivity index (χ0v) is 31.5. The van der Waals surface area contributed by atoms with Gasteiger partial charge in [0.25, 0.3) is 0 Å². The molecule has 3 aromatic heterocycles. The molecule has 0 saturated heterocycles. The molecule has 0 atom stereocenters. The van der Waals surface area contributed by atoms with Gasteiger partial charge in [-0.15, -0.1) is 0 Å². The first-order valence-corrected chi connectivity index (χ1v) is 16.9. The van der Waals surface area contributed by atoms with Crippen LogP contribution in [-0.4, -0.2) is 78.9 Å². The largest absolute Gasteiger partial charge is 0.496 e. The van der Waals surface area contributed by atoms with Crippen LogP contribution in [0.15, 0.2) is 60.7 Å². The van der Waals surface area contributed by atoms with Crippen molar-refractivity contribution in [2.45, 2.75) is 0 Å². The first-order chi connectivity index (χ1) is 26.3. The molecule has 4 heterocycles. The summed E-state index contributed by atoms with van der Waals surface area (Å²) in [5.74, 6) is 4.97. The van der Waals surface area contributed by atoms with E-state index in [1.807, 2.05) is 72.8 Å². The van der Waals surface area contributed by atoms with Gasteiger partial charge in [0.2, 0.25) is 0 Å². The van der Waals surface area contributed by atoms with E-state index in [1.165, 1.54) is 0 Å². The van der Waals surface area contributed by atoms with Crippen molar-refractivity contribution in [3.63, 3.8) is 0 Å². The number of hydrogen-bond acceptors (Lipinski definition) is 10. The minimum Gasteiger partial charge on any atom is -0.496 e. The maximum Gasteiger partial charge on any atom is 0.134 e. The van der Waals surface area contributed by atoms with Gasteiger partial charge in [0, 0.05) is 75.2 Å². The number of methoxy groups -OCH3 is 9. The summed E-state index contributed by atoms with van der Waals surface area (Å²) in [5, 5.41) is 0. The Labute approximate surface area is 312 Å². The Bertz CT molecular complexity index is 2290. The van der Waals surface area contributed by atoms with E-state index in [1.54, 1.807) is 64.0 Å². The highest BCUT2D eigenvalue weighted by atomic mass is 16.5. The third-order valence-electron chi connectivity index (χ3n) is 9.50. The molecule has 0 radical (unpaired) electrons. The van der Waals surface area contributed by atoms with Crippen LogP contribution in [0.25, 0.3) is 67.6 Å². The van der Waals surface area contributed by atoms with Crippen molar-refractivity contribution in [1.29, 1.82) is 0 Å². The van der Waals surface area contributed by atoms with Crippen molar-refractivity contribution >= 4 is 34.2 Å². The van der Waals surface area contributed by atoms with Gasteiger partial charge < -0.3 is 52.6 Å². The Morgan fingerprint density at radius 2 is 0.593 bits per heavy atom. The third-order valence-corrected chi connectivity index (χ3v) is 9.50. The van der Waals surface area contributed by atoms with Gasteiger partial charge in [0.1, 0.15) is 51.7 Å². The predicted octanol–water partition coefficient (Wildman–Crippen LogP) is 8.73. The summed E-state index contributed by atoms with van der Waals surface area (Å²) in [7, 11) is 14.5. The lowest BCUT2D eigenvalue weighted by Gasteiger charge is -2.17. The predicted molar refractivity (Wildman–Crippen MR) is 210 cm³/mol. The molecule has 0 spiro atoms. The topological polar surface area (TPSA) is 128 Å². The van der Waals surface area contributed by atoms with Gasteiger partial charge in [-0.05, 0) is 36.4 Å². The summed E-state index contributed by atoms with van der Waals surface area (Å²) >= 11 is 0. The summed E-state index contributed by atoms with van der Waals surface area (Å²) in [6.45, 7) is 0. The molecule has 6 bridgehead atoms. The van der Waals surface area contributed by atoms with E-state index in [0.717, 1.165) is 38.8 Å². The average molecular weight is 732 g/mol. The maximum atomic E-state index is 6.00. The van der Waals surface area contributed by atoms with Crippen molar-refractivity contribution in [3.05, 3.63) is 72.1 Å². The van der Waals surface area contributed by atoms with Crippen molar-refractivity contribution in [2.75, 3.05) is 64.0 Å². The van der Waals surface area contributed by atoms with Crippen molar-refractivity contribution in [1.82, 2.24) is 15.0 Å². The molecule has 0 saturated carbocycles. The van der Waals surface area contributed by atoms with Crippen LogP contribution in [0, 0.1) is 0 Å². The van der Waals surface area contributed by atoms with Gasteiger partial charge in [-0.1, -0.05) is 0 Å². The molecule has 54 heavy (non-hydrogen) atoms. The second-order valence-corrected chi connectivity index (χ2v) is 12.1. The Balaban J connectivity index is 1.73. The van der Waals surface area contributed by atoms with Crippen LogP contribution >= 0.6 is 0 Å². The number of aromatic amines is 2. The zero-order chi connectivity index (χ0) is 38.1. The van der Waals surface area contributed by atoms with E-state index in [9.17, 15) is 0 Å². The number of benzene rings is 3. The summed E-state index contributed by atoms with van der Waals surface area (Å²) in [6.07, 6.45) is 3.94. The number of nitrogens with one attached hydrogen (secondary N) is 2. The van der Waals surface area contributed by atoms with Gasteiger partial charge in [-0.3, -0.25) is 0 Å². The van der Waals surface area contributed by atoms with E-state index < -0.39 is 0 Å². The molecule has 6 aromatic rings. The van der Waals surface area contributed by atoms with Crippen LogP contribution in [0.2, 0.25) is 0 Å². The van der Waals surface area contributed by atoms with Crippen LogP contribution < -0.4 is 42.6 Å². The molecule has 0 aliphatic carbocycles. The molecule has 0 fully saturated rings. The molecule has 278 valence electrons. The fourth-order valence-electron chi connectivity index (χ4n) is 6.99. The van der Waals surface area contributed by atoms with Gasteiger partial charge in [0.15, 0.2) is 0 Å². The molecule has 0 amide bonds. The van der Waals surface area contributed by atoms with E-state index in [-0.39, 0.29) is 0 Å². The Kier molecular flexibility index (Phi) is 9.75. The summed E-state index contributed by atoms with van der Waals surface area (Å²) < 4.78 is 52.8. The lowest BCUT2D eigenvalue weighted by molar-refractivity contribution is 0.377. The minimum absolute atomic E-state index is 0.534. The van der Waals surface area contributed by atoms with Crippen LogP contribution in [-0.2, 0) is 0 Å². The number of aromatic nitrogens is 3. The molecule has 7 rings (SSSR count). The number of nitrogens with zero attached hydrogens (tertiary/aromatic N) is 1. The maximum absolute atomic E-state index is 6.00. The molecular weight excluding hydrogens is 690 g/mol. The lowest BCUT2D eigenvalue weighted by Crippen LogP contribution is -1.98. The summed E-state index contributed by atoms with van der Waals surface area (Å²) in [6, 6.07) is 19.0.